The molecule has 1 heterocycles. The van der Waals surface area contributed by atoms with E-state index in [-0.39, 0.29) is 10.3 Å². The summed E-state index contributed by atoms with van der Waals surface area (Å²) in [4.78, 5) is 10.1. The van der Waals surface area contributed by atoms with Crippen molar-refractivity contribution < 1.29 is 22.7 Å². The molecule has 0 aliphatic carbocycles. The maximum atomic E-state index is 14.0. The van der Waals surface area contributed by atoms with Crippen LogP contribution in [0, 0.1) is 5.82 Å². The molecular formula is C11H7BrFN3O4S. The number of benzene rings is 1. The van der Waals surface area contributed by atoms with E-state index in [1.165, 1.54) is 18.3 Å². The van der Waals surface area contributed by atoms with Gasteiger partial charge >= 0.3 is 5.97 Å². The maximum absolute atomic E-state index is 14.0. The normalized spacial score (nSPS) is 11.1. The Hall–Kier alpha value is -2.07. The highest BCUT2D eigenvalue weighted by atomic mass is 79.9. The third-order valence-electron chi connectivity index (χ3n) is 2.34. The van der Waals surface area contributed by atoms with Gasteiger partial charge in [-0.25, -0.2) is 17.6 Å². The average molecular weight is 376 g/mol. The smallest absolute Gasteiger partial charge is 0.338 e. The molecule has 7 nitrogen and oxygen atoms in total. The minimum absolute atomic E-state index is 0.112. The lowest BCUT2D eigenvalue weighted by atomic mass is 10.2. The molecule has 0 aliphatic rings. The van der Waals surface area contributed by atoms with Gasteiger partial charge in [-0.1, -0.05) is 15.9 Å². The molecule has 0 saturated carbocycles. The number of carboxylic acid groups (broad SMARTS) is 1. The highest BCUT2D eigenvalue weighted by Gasteiger charge is 2.25. The van der Waals surface area contributed by atoms with Crippen molar-refractivity contribution in [1.29, 1.82) is 0 Å². The molecule has 110 valence electrons. The van der Waals surface area contributed by atoms with E-state index in [4.69, 9.17) is 5.11 Å². The number of carboxylic acids is 1. The van der Waals surface area contributed by atoms with Gasteiger partial charge in [-0.15, -0.1) is 5.10 Å². The molecule has 2 rings (SSSR count). The van der Waals surface area contributed by atoms with Crippen LogP contribution in [0.15, 0.2) is 39.8 Å². The summed E-state index contributed by atoms with van der Waals surface area (Å²) in [5.41, 5.74) is -0.760. The zero-order valence-corrected chi connectivity index (χ0v) is 12.5. The number of sulfonamides is 1. The first-order valence-electron chi connectivity index (χ1n) is 5.34. The Morgan fingerprint density at radius 3 is 2.67 bits per heavy atom. The van der Waals surface area contributed by atoms with Gasteiger partial charge in [0.05, 0.1) is 5.56 Å². The number of halogens is 2. The Kier molecular flexibility index (Phi) is 4.19. The molecule has 0 aliphatic heterocycles. The van der Waals surface area contributed by atoms with Gasteiger partial charge in [0.2, 0.25) is 0 Å². The number of nitrogens with one attached hydrogen (secondary N) is 1. The van der Waals surface area contributed by atoms with Gasteiger partial charge < -0.3 is 5.11 Å². The largest absolute Gasteiger partial charge is 0.478 e. The average Bonchev–Trinajstić information content (AvgIpc) is 2.41. The molecule has 0 unspecified atom stereocenters. The number of hydrogen-bond acceptors (Lipinski definition) is 5. The van der Waals surface area contributed by atoms with Crippen LogP contribution < -0.4 is 4.72 Å². The predicted molar refractivity (Wildman–Crippen MR) is 73.9 cm³/mol. The third kappa shape index (κ3) is 3.34. The molecule has 1 aromatic carbocycles. The lowest BCUT2D eigenvalue weighted by molar-refractivity contribution is 0.0691. The summed E-state index contributed by atoms with van der Waals surface area (Å²) in [7, 11) is -4.34. The molecule has 0 amide bonds. The van der Waals surface area contributed by atoms with Crippen LogP contribution >= 0.6 is 15.9 Å². The van der Waals surface area contributed by atoms with E-state index in [1.807, 2.05) is 4.72 Å². The van der Waals surface area contributed by atoms with Crippen LogP contribution in [0.25, 0.3) is 0 Å². The van der Waals surface area contributed by atoms with E-state index in [9.17, 15) is 17.6 Å². The SMILES string of the molecule is O=C(O)c1cc(Br)cc(S(=O)(=O)Nc2cccnn2)c1F. The Morgan fingerprint density at radius 2 is 2.10 bits per heavy atom. The van der Waals surface area contributed by atoms with Crippen LogP contribution in [0.1, 0.15) is 10.4 Å². The molecule has 0 saturated heterocycles. The van der Waals surface area contributed by atoms with E-state index >= 15 is 0 Å². The summed E-state index contributed by atoms with van der Waals surface area (Å²) in [5, 5.41) is 15.9. The first-order valence-corrected chi connectivity index (χ1v) is 7.62. The summed E-state index contributed by atoms with van der Waals surface area (Å²) in [6.45, 7) is 0. The molecule has 2 aromatic rings. The van der Waals surface area contributed by atoms with E-state index in [1.54, 1.807) is 0 Å². The van der Waals surface area contributed by atoms with Gasteiger partial charge in [0.25, 0.3) is 10.0 Å². The van der Waals surface area contributed by atoms with Crippen LogP contribution in [0.5, 0.6) is 0 Å². The molecule has 0 radical (unpaired) electrons. The fraction of sp³-hybridized carbons (Fsp3) is 0. The van der Waals surface area contributed by atoms with Gasteiger partial charge in [0.1, 0.15) is 4.90 Å². The van der Waals surface area contributed by atoms with E-state index in [0.29, 0.717) is 0 Å². The number of aromatic carboxylic acids is 1. The van der Waals surface area contributed by atoms with Crippen LogP contribution in [0.3, 0.4) is 0 Å². The Morgan fingerprint density at radius 1 is 1.38 bits per heavy atom. The van der Waals surface area contributed by atoms with Crippen LogP contribution in [-0.4, -0.2) is 29.7 Å². The van der Waals surface area contributed by atoms with Crippen molar-refractivity contribution in [3.63, 3.8) is 0 Å². The Bertz CT molecular complexity index is 799. The molecule has 0 spiro atoms. The monoisotopic (exact) mass is 375 g/mol. The number of hydrogen-bond donors (Lipinski definition) is 2. The molecule has 2 N–H and O–H groups in total. The highest BCUT2D eigenvalue weighted by Crippen LogP contribution is 2.25. The summed E-state index contributed by atoms with van der Waals surface area (Å²) in [6.07, 6.45) is 1.33. The number of aromatic nitrogens is 2. The fourth-order valence-electron chi connectivity index (χ4n) is 1.46. The predicted octanol–water partition coefficient (Wildman–Crippen LogP) is 1.88. The number of nitrogens with zero attached hydrogens (tertiary/aromatic N) is 2. The van der Waals surface area contributed by atoms with E-state index in [0.717, 1.165) is 12.1 Å². The minimum Gasteiger partial charge on any atom is -0.478 e. The number of carbonyl (C=O) groups is 1. The van der Waals surface area contributed by atoms with Crippen molar-refractivity contribution in [1.82, 2.24) is 10.2 Å². The lowest BCUT2D eigenvalue weighted by Gasteiger charge is -2.09. The molecule has 1 aromatic heterocycles. The van der Waals surface area contributed by atoms with Gasteiger partial charge in [-0.2, -0.15) is 5.10 Å². The second-order valence-electron chi connectivity index (χ2n) is 3.79. The molecule has 10 heteroatoms. The summed E-state index contributed by atoms with van der Waals surface area (Å²) < 4.78 is 40.4. The molecule has 21 heavy (non-hydrogen) atoms. The third-order valence-corrected chi connectivity index (χ3v) is 4.15. The van der Waals surface area contributed by atoms with Crippen LogP contribution in [0.4, 0.5) is 10.2 Å². The second-order valence-corrected chi connectivity index (χ2v) is 6.35. The number of rotatable bonds is 4. The first kappa shape index (κ1) is 15.3. The maximum Gasteiger partial charge on any atom is 0.338 e. The minimum atomic E-state index is -4.34. The quantitative estimate of drug-likeness (QED) is 0.843. The molecule has 0 bridgehead atoms. The summed E-state index contributed by atoms with van der Waals surface area (Å²) in [5.74, 6) is -3.06. The van der Waals surface area contributed by atoms with Crippen molar-refractivity contribution in [2.45, 2.75) is 4.90 Å². The fourth-order valence-corrected chi connectivity index (χ4v) is 3.20. The Balaban J connectivity index is 2.53. The van der Waals surface area contributed by atoms with Crippen LogP contribution in [0.2, 0.25) is 0 Å². The van der Waals surface area contributed by atoms with Crippen LogP contribution in [-0.2, 0) is 10.0 Å². The van der Waals surface area contributed by atoms with Gasteiger partial charge in [0, 0.05) is 10.7 Å². The topological polar surface area (TPSA) is 109 Å². The summed E-state index contributed by atoms with van der Waals surface area (Å²) >= 11 is 2.94. The molecular weight excluding hydrogens is 369 g/mol. The van der Waals surface area contributed by atoms with Gasteiger partial charge in [0.15, 0.2) is 11.6 Å². The number of anilines is 1. The zero-order valence-electron chi connectivity index (χ0n) is 10.1. The van der Waals surface area contributed by atoms with Gasteiger partial charge in [-0.05, 0) is 24.3 Å². The summed E-state index contributed by atoms with van der Waals surface area (Å²) in [6, 6.07) is 4.68. The lowest BCUT2D eigenvalue weighted by Crippen LogP contribution is -2.17. The second kappa shape index (κ2) is 5.74. The van der Waals surface area contributed by atoms with Crippen molar-refractivity contribution >= 4 is 37.7 Å². The molecule has 0 atom stereocenters. The zero-order chi connectivity index (χ0) is 15.6. The highest BCUT2D eigenvalue weighted by molar-refractivity contribution is 9.10. The van der Waals surface area contributed by atoms with Crippen molar-refractivity contribution in [3.05, 3.63) is 46.3 Å². The van der Waals surface area contributed by atoms with Gasteiger partial charge in [-0.3, -0.25) is 4.72 Å². The molecule has 0 fully saturated rings. The van der Waals surface area contributed by atoms with Crippen molar-refractivity contribution in [2.75, 3.05) is 4.72 Å². The van der Waals surface area contributed by atoms with Crippen molar-refractivity contribution in [3.8, 4) is 0 Å². The standard InChI is InChI=1S/C11H7BrFN3O4S/c12-6-4-7(11(17)18)10(13)8(5-6)21(19,20)16-9-2-1-3-14-15-9/h1-5H,(H,15,16)(H,17,18). The first-order chi connectivity index (χ1) is 9.81. The Labute approximate surface area is 127 Å². The van der Waals surface area contributed by atoms with E-state index < -0.39 is 32.3 Å². The van der Waals surface area contributed by atoms with E-state index in [2.05, 4.69) is 26.1 Å². The van der Waals surface area contributed by atoms with Crippen molar-refractivity contribution in [2.24, 2.45) is 0 Å².